The van der Waals surface area contributed by atoms with Crippen LogP contribution in [0.4, 0.5) is 0 Å². The van der Waals surface area contributed by atoms with Gasteiger partial charge in [0, 0.05) is 65.2 Å². The Labute approximate surface area is 294 Å². The van der Waals surface area contributed by atoms with Crippen LogP contribution in [-0.2, 0) is 0 Å². The van der Waals surface area contributed by atoms with Crippen LogP contribution >= 0.6 is 11.3 Å². The van der Waals surface area contributed by atoms with E-state index in [1.807, 2.05) is 65.9 Å². The molecule has 51 heavy (non-hydrogen) atoms. The molecule has 238 valence electrons. The van der Waals surface area contributed by atoms with Crippen LogP contribution in [0.25, 0.3) is 109 Å². The molecule has 6 aromatic carbocycles. The second-order valence-corrected chi connectivity index (χ2v) is 13.7. The molecule has 0 atom stereocenters. The summed E-state index contributed by atoms with van der Waals surface area (Å²) in [5, 5.41) is 6.70. The van der Waals surface area contributed by atoms with Gasteiger partial charge in [0.1, 0.15) is 22.3 Å². The standard InChI is InChI=1S/C44H24N4O2S/c1-4-12-35-29(9-1)30-17-15-26(23-37(30)49-35)42-46-43(27-8-7-21-45-24-27)48-44(47-42)33-19-18-28(40-32-11-2-5-13-36(32)50-41(33)40)25-16-20-39-34(22-25)31-10-3-6-14-38(31)51-39/h1-24H. The molecular weight excluding hydrogens is 649 g/mol. The van der Waals surface area contributed by atoms with E-state index in [0.717, 1.165) is 71.7 Å². The van der Waals surface area contributed by atoms with Gasteiger partial charge in [-0.15, -0.1) is 11.3 Å². The van der Waals surface area contributed by atoms with Gasteiger partial charge in [-0.2, -0.15) is 0 Å². The van der Waals surface area contributed by atoms with E-state index in [-0.39, 0.29) is 0 Å². The lowest BCUT2D eigenvalue weighted by Gasteiger charge is -2.11. The molecule has 6 nitrogen and oxygen atoms in total. The molecule has 0 fully saturated rings. The highest BCUT2D eigenvalue weighted by molar-refractivity contribution is 7.25. The molecule has 0 aliphatic rings. The largest absolute Gasteiger partial charge is 0.456 e. The van der Waals surface area contributed by atoms with Crippen molar-refractivity contribution in [3.8, 4) is 45.3 Å². The van der Waals surface area contributed by atoms with Gasteiger partial charge in [0.2, 0.25) is 0 Å². The molecule has 5 aromatic heterocycles. The van der Waals surface area contributed by atoms with Gasteiger partial charge in [-0.1, -0.05) is 72.8 Å². The first kappa shape index (κ1) is 28.2. The maximum atomic E-state index is 6.70. The fourth-order valence-corrected chi connectivity index (χ4v) is 8.34. The van der Waals surface area contributed by atoms with Gasteiger partial charge in [-0.3, -0.25) is 4.98 Å². The van der Waals surface area contributed by atoms with Gasteiger partial charge in [-0.05, 0) is 71.8 Å². The van der Waals surface area contributed by atoms with Crippen LogP contribution in [0.15, 0.2) is 155 Å². The number of hydrogen-bond donors (Lipinski definition) is 0. The van der Waals surface area contributed by atoms with Gasteiger partial charge < -0.3 is 8.83 Å². The van der Waals surface area contributed by atoms with E-state index in [1.165, 1.54) is 20.2 Å². The highest BCUT2D eigenvalue weighted by Crippen LogP contribution is 2.43. The monoisotopic (exact) mass is 672 g/mol. The van der Waals surface area contributed by atoms with E-state index >= 15 is 0 Å². The average Bonchev–Trinajstić information content (AvgIpc) is 3.89. The first-order valence-corrected chi connectivity index (χ1v) is 17.5. The second kappa shape index (κ2) is 10.9. The first-order valence-electron chi connectivity index (χ1n) is 16.7. The van der Waals surface area contributed by atoms with Crippen molar-refractivity contribution in [2.24, 2.45) is 0 Å². The third kappa shape index (κ3) is 4.42. The average molecular weight is 673 g/mol. The summed E-state index contributed by atoms with van der Waals surface area (Å²) in [6, 6.07) is 45.8. The summed E-state index contributed by atoms with van der Waals surface area (Å²) < 4.78 is 15.5. The molecule has 0 unspecified atom stereocenters. The Morgan fingerprint density at radius 1 is 0.431 bits per heavy atom. The molecule has 0 spiro atoms. The number of aromatic nitrogens is 4. The van der Waals surface area contributed by atoms with Crippen LogP contribution in [-0.4, -0.2) is 19.9 Å². The van der Waals surface area contributed by atoms with E-state index in [1.54, 1.807) is 12.4 Å². The molecule has 5 heterocycles. The third-order valence-electron chi connectivity index (χ3n) is 9.65. The van der Waals surface area contributed by atoms with E-state index < -0.39 is 0 Å². The zero-order chi connectivity index (χ0) is 33.5. The van der Waals surface area contributed by atoms with Crippen LogP contribution in [0.1, 0.15) is 0 Å². The van der Waals surface area contributed by atoms with Crippen molar-refractivity contribution >= 4 is 75.4 Å². The van der Waals surface area contributed by atoms with Crippen molar-refractivity contribution in [1.29, 1.82) is 0 Å². The fraction of sp³-hybridized carbons (Fsp3) is 0. The Morgan fingerprint density at radius 2 is 1.12 bits per heavy atom. The lowest BCUT2D eigenvalue weighted by Crippen LogP contribution is -2.00. The highest BCUT2D eigenvalue weighted by atomic mass is 32.1. The van der Waals surface area contributed by atoms with Crippen molar-refractivity contribution in [2.75, 3.05) is 0 Å². The topological polar surface area (TPSA) is 77.8 Å². The number of pyridine rings is 1. The van der Waals surface area contributed by atoms with E-state index in [4.69, 9.17) is 23.8 Å². The molecule has 0 N–H and O–H groups in total. The maximum Gasteiger partial charge on any atom is 0.167 e. The molecule has 0 amide bonds. The molecule has 0 radical (unpaired) electrons. The summed E-state index contributed by atoms with van der Waals surface area (Å²) in [6.07, 6.45) is 3.52. The number of hydrogen-bond acceptors (Lipinski definition) is 7. The minimum atomic E-state index is 0.512. The predicted octanol–water partition coefficient (Wildman–Crippen LogP) is 12.1. The van der Waals surface area contributed by atoms with Gasteiger partial charge in [0.15, 0.2) is 17.5 Å². The predicted molar refractivity (Wildman–Crippen MR) is 207 cm³/mol. The molecular formula is C44H24N4O2S. The van der Waals surface area contributed by atoms with Gasteiger partial charge in [0.25, 0.3) is 0 Å². The summed E-state index contributed by atoms with van der Waals surface area (Å²) >= 11 is 1.82. The SMILES string of the molecule is c1cncc(-c2nc(-c3ccc4c(c3)oc3ccccc34)nc(-c3ccc(-c4ccc5sc6ccccc6c5c4)c4c3oc3ccccc34)n2)c1. The van der Waals surface area contributed by atoms with Crippen molar-refractivity contribution in [3.63, 3.8) is 0 Å². The van der Waals surface area contributed by atoms with Crippen molar-refractivity contribution in [1.82, 2.24) is 19.9 Å². The number of para-hydroxylation sites is 2. The Kier molecular flexibility index (Phi) is 6.02. The minimum Gasteiger partial charge on any atom is -0.456 e. The first-order chi connectivity index (χ1) is 25.2. The molecule has 11 aromatic rings. The summed E-state index contributed by atoms with van der Waals surface area (Å²) in [5.41, 5.74) is 7.77. The lowest BCUT2D eigenvalue weighted by molar-refractivity contribution is 0.668. The number of fused-ring (bicyclic) bond motifs is 9. The van der Waals surface area contributed by atoms with Crippen LogP contribution < -0.4 is 0 Å². The molecule has 0 aliphatic heterocycles. The summed E-state index contributed by atoms with van der Waals surface area (Å²) in [5.74, 6) is 1.57. The molecule has 0 saturated heterocycles. The Morgan fingerprint density at radius 3 is 1.98 bits per heavy atom. The number of thiophene rings is 1. The summed E-state index contributed by atoms with van der Waals surface area (Å²) in [4.78, 5) is 19.5. The normalized spacial score (nSPS) is 11.9. The van der Waals surface area contributed by atoms with Crippen molar-refractivity contribution in [3.05, 3.63) is 146 Å². The van der Waals surface area contributed by atoms with Crippen LogP contribution in [0.5, 0.6) is 0 Å². The summed E-state index contributed by atoms with van der Waals surface area (Å²) in [7, 11) is 0. The minimum absolute atomic E-state index is 0.512. The van der Waals surface area contributed by atoms with Crippen molar-refractivity contribution < 1.29 is 8.83 Å². The molecule has 0 aliphatic carbocycles. The Balaban J connectivity index is 1.15. The summed E-state index contributed by atoms with van der Waals surface area (Å²) in [6.45, 7) is 0. The highest BCUT2D eigenvalue weighted by Gasteiger charge is 2.21. The van der Waals surface area contributed by atoms with Crippen LogP contribution in [0.2, 0.25) is 0 Å². The second-order valence-electron chi connectivity index (χ2n) is 12.6. The van der Waals surface area contributed by atoms with Gasteiger partial charge >= 0.3 is 0 Å². The zero-order valence-electron chi connectivity index (χ0n) is 26.9. The molecule has 0 saturated carbocycles. The molecule has 11 rings (SSSR count). The number of nitrogens with zero attached hydrogens (tertiary/aromatic N) is 4. The maximum absolute atomic E-state index is 6.70. The number of rotatable bonds is 4. The van der Waals surface area contributed by atoms with E-state index in [9.17, 15) is 0 Å². The van der Waals surface area contributed by atoms with Crippen LogP contribution in [0, 0.1) is 0 Å². The Bertz CT molecular complexity index is 3160. The fourth-order valence-electron chi connectivity index (χ4n) is 7.25. The Hall–Kier alpha value is -6.70. The van der Waals surface area contributed by atoms with Crippen molar-refractivity contribution in [2.45, 2.75) is 0 Å². The van der Waals surface area contributed by atoms with Gasteiger partial charge in [0.05, 0.1) is 5.56 Å². The molecule has 7 heteroatoms. The number of benzene rings is 6. The van der Waals surface area contributed by atoms with Crippen LogP contribution in [0.3, 0.4) is 0 Å². The smallest absolute Gasteiger partial charge is 0.167 e. The van der Waals surface area contributed by atoms with E-state index in [0.29, 0.717) is 17.5 Å². The van der Waals surface area contributed by atoms with Gasteiger partial charge in [-0.25, -0.2) is 15.0 Å². The number of furan rings is 2. The quantitative estimate of drug-likeness (QED) is 0.185. The molecule has 0 bridgehead atoms. The third-order valence-corrected chi connectivity index (χ3v) is 10.8. The zero-order valence-corrected chi connectivity index (χ0v) is 27.7. The van der Waals surface area contributed by atoms with E-state index in [2.05, 4.69) is 83.8 Å². The lowest BCUT2D eigenvalue weighted by atomic mass is 9.96.